The molecule has 4 N–H and O–H groups in total. The summed E-state index contributed by atoms with van der Waals surface area (Å²) in [4.78, 5) is 43.0. The van der Waals surface area contributed by atoms with Gasteiger partial charge in [0.1, 0.15) is 0 Å². The third-order valence-corrected chi connectivity index (χ3v) is 2.24. The lowest BCUT2D eigenvalue weighted by Gasteiger charge is -2.24. The fourth-order valence-electron chi connectivity index (χ4n) is 1.13. The van der Waals surface area contributed by atoms with Crippen molar-refractivity contribution in [2.24, 2.45) is 5.41 Å². The third kappa shape index (κ3) is 10.9. The van der Waals surface area contributed by atoms with Crippen LogP contribution in [0.4, 0.5) is 0 Å². The van der Waals surface area contributed by atoms with Crippen LogP contribution in [0.2, 0.25) is 0 Å². The molecule has 0 unspecified atom stereocenters. The molecule has 0 bridgehead atoms. The number of aliphatic carboxylic acids is 2. The van der Waals surface area contributed by atoms with Gasteiger partial charge in [0, 0.05) is 37.4 Å². The second-order valence-corrected chi connectivity index (χ2v) is 4.94. The number of amides is 2. The van der Waals surface area contributed by atoms with E-state index in [1.807, 2.05) is 0 Å². The summed E-state index contributed by atoms with van der Waals surface area (Å²) in [6.07, 6.45) is 3.24. The maximum absolute atomic E-state index is 11.3. The van der Waals surface area contributed by atoms with Gasteiger partial charge in [-0.3, -0.25) is 9.59 Å². The molecule has 8 nitrogen and oxygen atoms in total. The lowest BCUT2D eigenvalue weighted by molar-refractivity contribution is -0.132. The Morgan fingerprint density at radius 3 is 1.43 bits per heavy atom. The van der Waals surface area contributed by atoms with E-state index in [1.54, 1.807) is 13.8 Å². The summed E-state index contributed by atoms with van der Waals surface area (Å²) in [7, 11) is 0. The van der Waals surface area contributed by atoms with Crippen LogP contribution in [0, 0.1) is 5.41 Å². The number of nitrogens with one attached hydrogen (secondary N) is 2. The summed E-state index contributed by atoms with van der Waals surface area (Å²) in [6.45, 7) is 3.96. The fourth-order valence-corrected chi connectivity index (χ4v) is 1.13. The third-order valence-electron chi connectivity index (χ3n) is 2.24. The van der Waals surface area contributed by atoms with Gasteiger partial charge in [-0.15, -0.1) is 0 Å². The molecule has 0 fully saturated rings. The quantitative estimate of drug-likeness (QED) is 0.448. The highest BCUT2D eigenvalue weighted by atomic mass is 16.4. The molecule has 0 radical (unpaired) electrons. The van der Waals surface area contributed by atoms with E-state index in [0.29, 0.717) is 0 Å². The molecule has 8 heteroatoms. The predicted octanol–water partition coefficient (Wildman–Crippen LogP) is -0.473. The smallest absolute Gasteiger partial charge is 0.328 e. The lowest BCUT2D eigenvalue weighted by Crippen LogP contribution is -2.41. The first-order valence-electron chi connectivity index (χ1n) is 6.00. The fraction of sp³-hybridized carbons (Fsp3) is 0.385. The van der Waals surface area contributed by atoms with Crippen LogP contribution in [-0.4, -0.2) is 47.1 Å². The zero-order valence-electron chi connectivity index (χ0n) is 11.8. The standard InChI is InChI=1S/C13H18N2O6/c1-13(2,7-14-9(16)3-5-11(18)19)8-15-10(17)4-6-12(20)21/h3-6H,7-8H2,1-2H3,(H,14,16)(H,15,17)(H,18,19)(H,20,21)/b5-3-,6-4-. The molecule has 2 amide bonds. The van der Waals surface area contributed by atoms with E-state index in [9.17, 15) is 19.2 Å². The van der Waals surface area contributed by atoms with Crippen LogP contribution < -0.4 is 10.6 Å². The van der Waals surface area contributed by atoms with Gasteiger partial charge >= 0.3 is 11.9 Å². The number of carboxylic acid groups (broad SMARTS) is 2. The molecule has 0 spiro atoms. The molecule has 0 saturated heterocycles. The maximum Gasteiger partial charge on any atom is 0.328 e. The second kappa shape index (κ2) is 8.51. The van der Waals surface area contributed by atoms with Crippen LogP contribution in [0.5, 0.6) is 0 Å². The van der Waals surface area contributed by atoms with Crippen LogP contribution in [0.25, 0.3) is 0 Å². The first-order valence-corrected chi connectivity index (χ1v) is 6.00. The first-order chi connectivity index (χ1) is 9.62. The maximum atomic E-state index is 11.3. The van der Waals surface area contributed by atoms with Gasteiger partial charge in [-0.25, -0.2) is 9.59 Å². The molecule has 0 aliphatic carbocycles. The molecule has 0 heterocycles. The van der Waals surface area contributed by atoms with Gasteiger partial charge in [-0.1, -0.05) is 13.8 Å². The average Bonchev–Trinajstić information content (AvgIpc) is 2.38. The molecule has 0 aromatic rings. The summed E-state index contributed by atoms with van der Waals surface area (Å²) in [5.74, 6) is -3.55. The summed E-state index contributed by atoms with van der Waals surface area (Å²) in [5.41, 5.74) is -0.487. The highest BCUT2D eigenvalue weighted by Gasteiger charge is 2.19. The first kappa shape index (κ1) is 18.4. The minimum Gasteiger partial charge on any atom is -0.478 e. The Morgan fingerprint density at radius 2 is 1.14 bits per heavy atom. The molecule has 0 saturated carbocycles. The van der Waals surface area contributed by atoms with Crippen molar-refractivity contribution in [2.45, 2.75) is 13.8 Å². The van der Waals surface area contributed by atoms with E-state index in [1.165, 1.54) is 0 Å². The molecule has 116 valence electrons. The number of carbonyl (C=O) groups excluding carboxylic acids is 2. The predicted molar refractivity (Wildman–Crippen MR) is 73.4 cm³/mol. The van der Waals surface area contributed by atoms with Crippen molar-refractivity contribution in [2.75, 3.05) is 13.1 Å². The molecule has 0 aromatic carbocycles. The van der Waals surface area contributed by atoms with Crippen molar-refractivity contribution in [3.63, 3.8) is 0 Å². The number of hydrogen-bond donors (Lipinski definition) is 4. The normalized spacial score (nSPS) is 11.5. The average molecular weight is 298 g/mol. The summed E-state index contributed by atoms with van der Waals surface area (Å²) >= 11 is 0. The summed E-state index contributed by atoms with van der Waals surface area (Å²) in [6, 6.07) is 0. The minimum absolute atomic E-state index is 0.207. The van der Waals surface area contributed by atoms with E-state index in [0.717, 1.165) is 24.3 Å². The zero-order valence-corrected chi connectivity index (χ0v) is 11.8. The Bertz CT molecular complexity index is 437. The van der Waals surface area contributed by atoms with Crippen molar-refractivity contribution >= 4 is 23.8 Å². The Hall–Kier alpha value is -2.64. The van der Waals surface area contributed by atoms with Crippen molar-refractivity contribution in [1.82, 2.24) is 10.6 Å². The molecule has 0 aliphatic rings. The second-order valence-electron chi connectivity index (χ2n) is 4.94. The number of carboxylic acids is 2. The highest BCUT2D eigenvalue weighted by molar-refractivity contribution is 5.94. The molecule has 0 atom stereocenters. The van der Waals surface area contributed by atoms with Crippen molar-refractivity contribution in [3.8, 4) is 0 Å². The van der Waals surface area contributed by atoms with Crippen LogP contribution in [0.1, 0.15) is 13.8 Å². The molecular formula is C13H18N2O6. The number of hydrogen-bond acceptors (Lipinski definition) is 4. The van der Waals surface area contributed by atoms with Crippen LogP contribution >= 0.6 is 0 Å². The van der Waals surface area contributed by atoms with E-state index < -0.39 is 29.2 Å². The van der Waals surface area contributed by atoms with E-state index >= 15 is 0 Å². The molecular weight excluding hydrogens is 280 g/mol. The molecule has 21 heavy (non-hydrogen) atoms. The van der Waals surface area contributed by atoms with E-state index in [-0.39, 0.29) is 13.1 Å². The van der Waals surface area contributed by atoms with Gasteiger partial charge in [0.25, 0.3) is 0 Å². The summed E-state index contributed by atoms with van der Waals surface area (Å²) in [5, 5.41) is 21.7. The van der Waals surface area contributed by atoms with Gasteiger partial charge in [-0.2, -0.15) is 0 Å². The van der Waals surface area contributed by atoms with Gasteiger partial charge in [-0.05, 0) is 5.41 Å². The Morgan fingerprint density at radius 1 is 0.810 bits per heavy atom. The van der Waals surface area contributed by atoms with Crippen LogP contribution in [0.3, 0.4) is 0 Å². The van der Waals surface area contributed by atoms with Crippen LogP contribution in [-0.2, 0) is 19.2 Å². The van der Waals surface area contributed by atoms with Gasteiger partial charge in [0.15, 0.2) is 0 Å². The van der Waals surface area contributed by atoms with Gasteiger partial charge < -0.3 is 20.8 Å². The van der Waals surface area contributed by atoms with Gasteiger partial charge in [0.2, 0.25) is 11.8 Å². The van der Waals surface area contributed by atoms with Crippen molar-refractivity contribution in [1.29, 1.82) is 0 Å². The topological polar surface area (TPSA) is 133 Å². The van der Waals surface area contributed by atoms with Crippen molar-refractivity contribution in [3.05, 3.63) is 24.3 Å². The lowest BCUT2D eigenvalue weighted by atomic mass is 9.93. The summed E-state index contributed by atoms with van der Waals surface area (Å²) < 4.78 is 0. The van der Waals surface area contributed by atoms with E-state index in [4.69, 9.17) is 10.2 Å². The zero-order chi connectivity index (χ0) is 16.5. The monoisotopic (exact) mass is 298 g/mol. The molecule has 0 rings (SSSR count). The number of carbonyl (C=O) groups is 4. The molecule has 0 aliphatic heterocycles. The SMILES string of the molecule is CC(C)(CNC(=O)/C=C\C(=O)O)CNC(=O)/C=C\C(=O)O. The van der Waals surface area contributed by atoms with Gasteiger partial charge in [0.05, 0.1) is 0 Å². The van der Waals surface area contributed by atoms with Crippen LogP contribution in [0.15, 0.2) is 24.3 Å². The Labute approximate surface area is 121 Å². The number of rotatable bonds is 8. The molecule has 0 aromatic heterocycles. The largest absolute Gasteiger partial charge is 0.478 e. The minimum atomic E-state index is -1.22. The Kier molecular flexibility index (Phi) is 7.44. The highest BCUT2D eigenvalue weighted by Crippen LogP contribution is 2.11. The van der Waals surface area contributed by atoms with E-state index in [2.05, 4.69) is 10.6 Å². The van der Waals surface area contributed by atoms with Crippen molar-refractivity contribution < 1.29 is 29.4 Å². The Balaban J connectivity index is 4.20.